The van der Waals surface area contributed by atoms with Crippen molar-refractivity contribution in [2.45, 2.75) is 26.2 Å². The molecule has 0 saturated carbocycles. The number of nitrogens with zero attached hydrogens (tertiary/aromatic N) is 1. The van der Waals surface area contributed by atoms with Gasteiger partial charge in [0.15, 0.2) is 0 Å². The first-order valence-corrected chi connectivity index (χ1v) is 5.46. The summed E-state index contributed by atoms with van der Waals surface area (Å²) in [6, 6.07) is 0. The zero-order valence-electron chi connectivity index (χ0n) is 7.39. The standard InChI is InChI=1S/C10H14IN/c1-2-12-8-4-6-9-5-3-7-10(9)11/h4,6,8H,2-3,5,7H2,1H3/b6-4-,12-8?. The highest BCUT2D eigenvalue weighted by atomic mass is 127. The second kappa shape index (κ2) is 5.51. The molecule has 12 heavy (non-hydrogen) atoms. The molecule has 0 atom stereocenters. The third kappa shape index (κ3) is 3.09. The second-order valence-electron chi connectivity index (χ2n) is 2.79. The summed E-state index contributed by atoms with van der Waals surface area (Å²) in [5.74, 6) is 0. The van der Waals surface area contributed by atoms with Crippen LogP contribution >= 0.6 is 22.6 Å². The lowest BCUT2D eigenvalue weighted by atomic mass is 10.2. The van der Waals surface area contributed by atoms with E-state index in [4.69, 9.17) is 0 Å². The quantitative estimate of drug-likeness (QED) is 0.552. The van der Waals surface area contributed by atoms with Gasteiger partial charge in [-0.15, -0.1) is 0 Å². The largest absolute Gasteiger partial charge is 0.293 e. The Bertz CT molecular complexity index is 226. The fourth-order valence-corrected chi connectivity index (χ4v) is 2.06. The van der Waals surface area contributed by atoms with Crippen LogP contribution in [0.5, 0.6) is 0 Å². The van der Waals surface area contributed by atoms with E-state index >= 15 is 0 Å². The van der Waals surface area contributed by atoms with Gasteiger partial charge in [0, 0.05) is 12.8 Å². The van der Waals surface area contributed by atoms with Gasteiger partial charge in [0.25, 0.3) is 0 Å². The maximum atomic E-state index is 4.12. The normalized spacial score (nSPS) is 18.8. The van der Waals surface area contributed by atoms with Crippen LogP contribution < -0.4 is 0 Å². The Hall–Kier alpha value is -0.120. The number of halogens is 1. The minimum atomic E-state index is 0.875. The Morgan fingerprint density at radius 1 is 1.50 bits per heavy atom. The zero-order chi connectivity index (χ0) is 8.81. The van der Waals surface area contributed by atoms with E-state index in [0.717, 1.165) is 6.54 Å². The van der Waals surface area contributed by atoms with Crippen molar-refractivity contribution in [3.05, 3.63) is 21.3 Å². The van der Waals surface area contributed by atoms with E-state index in [1.54, 1.807) is 0 Å². The smallest absolute Gasteiger partial charge is 0.0360 e. The Morgan fingerprint density at radius 2 is 2.33 bits per heavy atom. The molecule has 0 N–H and O–H groups in total. The lowest BCUT2D eigenvalue weighted by Crippen LogP contribution is -1.73. The van der Waals surface area contributed by atoms with Gasteiger partial charge in [0.1, 0.15) is 0 Å². The lowest BCUT2D eigenvalue weighted by Gasteiger charge is -1.90. The SMILES string of the molecule is CCN=C/C=C\C1=C(I)CCC1. The molecule has 0 fully saturated rings. The van der Waals surface area contributed by atoms with Gasteiger partial charge < -0.3 is 0 Å². The average molecular weight is 275 g/mol. The van der Waals surface area contributed by atoms with Crippen molar-refractivity contribution in [3.8, 4) is 0 Å². The molecule has 0 aliphatic heterocycles. The predicted molar refractivity (Wildman–Crippen MR) is 63.1 cm³/mol. The number of hydrogen-bond acceptors (Lipinski definition) is 1. The number of allylic oxidation sites excluding steroid dienone is 4. The molecule has 0 bridgehead atoms. The molecule has 1 aliphatic carbocycles. The van der Waals surface area contributed by atoms with E-state index in [9.17, 15) is 0 Å². The van der Waals surface area contributed by atoms with Crippen LogP contribution in [0.25, 0.3) is 0 Å². The van der Waals surface area contributed by atoms with Crippen molar-refractivity contribution in [2.75, 3.05) is 6.54 Å². The van der Waals surface area contributed by atoms with Gasteiger partial charge in [-0.25, -0.2) is 0 Å². The summed E-state index contributed by atoms with van der Waals surface area (Å²) in [7, 11) is 0. The van der Waals surface area contributed by atoms with Crippen LogP contribution in [-0.4, -0.2) is 12.8 Å². The van der Waals surface area contributed by atoms with Gasteiger partial charge in [-0.2, -0.15) is 0 Å². The van der Waals surface area contributed by atoms with E-state index in [0.29, 0.717) is 0 Å². The Balaban J connectivity index is 2.45. The summed E-state index contributed by atoms with van der Waals surface area (Å²) < 4.78 is 1.52. The first kappa shape index (κ1) is 9.96. The molecule has 0 radical (unpaired) electrons. The van der Waals surface area contributed by atoms with E-state index in [2.05, 4.69) is 33.7 Å². The van der Waals surface area contributed by atoms with E-state index in [1.165, 1.54) is 28.4 Å². The van der Waals surface area contributed by atoms with Gasteiger partial charge in [0.05, 0.1) is 0 Å². The minimum Gasteiger partial charge on any atom is -0.293 e. The van der Waals surface area contributed by atoms with Crippen molar-refractivity contribution < 1.29 is 0 Å². The third-order valence-corrected chi connectivity index (χ3v) is 3.09. The summed E-state index contributed by atoms with van der Waals surface area (Å²) in [6.45, 7) is 2.92. The van der Waals surface area contributed by atoms with Crippen molar-refractivity contribution in [1.29, 1.82) is 0 Å². The molecular formula is C10H14IN. The highest BCUT2D eigenvalue weighted by molar-refractivity contribution is 14.1. The molecule has 0 spiro atoms. The Kier molecular flexibility index (Phi) is 4.58. The van der Waals surface area contributed by atoms with Crippen molar-refractivity contribution in [3.63, 3.8) is 0 Å². The van der Waals surface area contributed by atoms with E-state index < -0.39 is 0 Å². The van der Waals surface area contributed by atoms with Crippen LogP contribution in [0.15, 0.2) is 26.3 Å². The fourth-order valence-electron chi connectivity index (χ4n) is 1.23. The van der Waals surface area contributed by atoms with Crippen LogP contribution in [0.1, 0.15) is 26.2 Å². The highest BCUT2D eigenvalue weighted by Gasteiger charge is 2.07. The Labute approximate surface area is 87.8 Å². The molecule has 1 nitrogen and oxygen atoms in total. The number of aliphatic imine (C=N–C) groups is 1. The molecule has 0 amide bonds. The van der Waals surface area contributed by atoms with Crippen LogP contribution in [0.3, 0.4) is 0 Å². The third-order valence-electron chi connectivity index (χ3n) is 1.86. The molecule has 1 aliphatic rings. The molecule has 0 saturated heterocycles. The minimum absolute atomic E-state index is 0.875. The van der Waals surface area contributed by atoms with Crippen LogP contribution in [-0.2, 0) is 0 Å². The molecule has 0 unspecified atom stereocenters. The summed E-state index contributed by atoms with van der Waals surface area (Å²) >= 11 is 2.44. The van der Waals surface area contributed by atoms with Crippen LogP contribution in [0.2, 0.25) is 0 Å². The Morgan fingerprint density at radius 3 is 2.92 bits per heavy atom. The molecule has 0 aromatic rings. The summed E-state index contributed by atoms with van der Waals surface area (Å²) in [5, 5.41) is 0. The number of hydrogen-bond donors (Lipinski definition) is 0. The van der Waals surface area contributed by atoms with Gasteiger partial charge in [-0.05, 0) is 64.0 Å². The molecule has 66 valence electrons. The lowest BCUT2D eigenvalue weighted by molar-refractivity contribution is 0.915. The molecule has 0 heterocycles. The summed E-state index contributed by atoms with van der Waals surface area (Å²) in [4.78, 5) is 4.12. The van der Waals surface area contributed by atoms with E-state index in [1.807, 2.05) is 19.2 Å². The fraction of sp³-hybridized carbons (Fsp3) is 0.500. The average Bonchev–Trinajstić information content (AvgIpc) is 2.46. The molecule has 2 heteroatoms. The second-order valence-corrected chi connectivity index (χ2v) is 4.09. The summed E-state index contributed by atoms with van der Waals surface area (Å²) in [6.07, 6.45) is 9.95. The molecule has 0 aromatic heterocycles. The van der Waals surface area contributed by atoms with E-state index in [-0.39, 0.29) is 0 Å². The maximum absolute atomic E-state index is 4.12. The first-order chi connectivity index (χ1) is 5.84. The number of rotatable bonds is 3. The molecule has 1 rings (SSSR count). The van der Waals surface area contributed by atoms with Gasteiger partial charge in [-0.1, -0.05) is 6.08 Å². The van der Waals surface area contributed by atoms with Gasteiger partial charge in [-0.3, -0.25) is 4.99 Å². The predicted octanol–water partition coefficient (Wildman–Crippen LogP) is 3.51. The van der Waals surface area contributed by atoms with Crippen molar-refractivity contribution in [1.82, 2.24) is 0 Å². The molecule has 0 aromatic carbocycles. The zero-order valence-corrected chi connectivity index (χ0v) is 9.54. The molecular weight excluding hydrogens is 261 g/mol. The van der Waals surface area contributed by atoms with Crippen molar-refractivity contribution in [2.24, 2.45) is 4.99 Å². The highest BCUT2D eigenvalue weighted by Crippen LogP contribution is 2.31. The topological polar surface area (TPSA) is 12.4 Å². The van der Waals surface area contributed by atoms with Crippen molar-refractivity contribution >= 4 is 28.8 Å². The van der Waals surface area contributed by atoms with Gasteiger partial charge in [0.2, 0.25) is 0 Å². The van der Waals surface area contributed by atoms with Crippen LogP contribution in [0.4, 0.5) is 0 Å². The maximum Gasteiger partial charge on any atom is 0.0360 e. The monoisotopic (exact) mass is 275 g/mol. The summed E-state index contributed by atoms with van der Waals surface area (Å²) in [5.41, 5.74) is 1.50. The first-order valence-electron chi connectivity index (χ1n) is 4.38. The van der Waals surface area contributed by atoms with Gasteiger partial charge >= 0.3 is 0 Å². The van der Waals surface area contributed by atoms with Crippen LogP contribution in [0, 0.1) is 0 Å².